The van der Waals surface area contributed by atoms with E-state index in [4.69, 9.17) is 4.74 Å². The molecule has 1 heterocycles. The number of carbonyl (C=O) groups excluding carboxylic acids is 1. The summed E-state index contributed by atoms with van der Waals surface area (Å²) in [5, 5.41) is 14.9. The second-order valence-corrected chi connectivity index (χ2v) is 4.72. The maximum atomic E-state index is 11.9. The molecule has 0 aliphatic heterocycles. The number of aryl methyl sites for hydroxylation is 2. The summed E-state index contributed by atoms with van der Waals surface area (Å²) < 4.78 is 6.48. The van der Waals surface area contributed by atoms with Crippen LogP contribution >= 0.6 is 0 Å². The van der Waals surface area contributed by atoms with Crippen molar-refractivity contribution >= 4 is 11.7 Å². The van der Waals surface area contributed by atoms with Gasteiger partial charge in [0, 0.05) is 0 Å². The molecular weight excluding hydrogens is 274 g/mol. The number of hydrogen-bond donors (Lipinski definition) is 0. The van der Waals surface area contributed by atoms with E-state index >= 15 is 0 Å². The molecule has 2 aromatic rings. The van der Waals surface area contributed by atoms with Crippen LogP contribution in [0.1, 0.15) is 17.0 Å². The fourth-order valence-corrected chi connectivity index (χ4v) is 2.07. The molecule has 0 aliphatic rings. The molecule has 110 valence electrons. The number of nitro groups is 1. The number of rotatable bonds is 4. The Balaban J connectivity index is 2.13. The van der Waals surface area contributed by atoms with Crippen LogP contribution in [0.3, 0.4) is 0 Å². The third-order valence-corrected chi connectivity index (χ3v) is 3.03. The molecule has 0 unspecified atom stereocenters. The molecule has 0 fully saturated rings. The van der Waals surface area contributed by atoms with Crippen LogP contribution in [0, 0.1) is 30.9 Å². The van der Waals surface area contributed by atoms with Crippen LogP contribution < -0.4 is 4.74 Å². The lowest BCUT2D eigenvalue weighted by molar-refractivity contribution is -0.386. The Bertz CT molecular complexity index is 706. The Morgan fingerprint density at radius 1 is 1.38 bits per heavy atom. The second-order valence-electron chi connectivity index (χ2n) is 4.72. The summed E-state index contributed by atoms with van der Waals surface area (Å²) in [6.07, 6.45) is 0. The minimum absolute atomic E-state index is 0.0710. The molecular formula is C14H15N3O4. The highest BCUT2D eigenvalue weighted by Gasteiger charge is 2.23. The van der Waals surface area contributed by atoms with E-state index in [-0.39, 0.29) is 17.9 Å². The minimum Gasteiger partial charge on any atom is -0.425 e. The highest BCUT2D eigenvalue weighted by Crippen LogP contribution is 2.22. The van der Waals surface area contributed by atoms with Gasteiger partial charge in [0.05, 0.1) is 4.92 Å². The van der Waals surface area contributed by atoms with Crippen molar-refractivity contribution in [2.45, 2.75) is 27.3 Å². The quantitative estimate of drug-likeness (QED) is 0.373. The lowest BCUT2D eigenvalue weighted by Gasteiger charge is -2.06. The van der Waals surface area contributed by atoms with Crippen molar-refractivity contribution < 1.29 is 14.5 Å². The van der Waals surface area contributed by atoms with Crippen molar-refractivity contribution in [3.63, 3.8) is 0 Å². The van der Waals surface area contributed by atoms with Crippen molar-refractivity contribution in [1.29, 1.82) is 0 Å². The first-order chi connectivity index (χ1) is 9.88. The average molecular weight is 289 g/mol. The summed E-state index contributed by atoms with van der Waals surface area (Å²) in [5.41, 5.74) is 1.51. The molecule has 0 N–H and O–H groups in total. The Labute approximate surface area is 121 Å². The van der Waals surface area contributed by atoms with Gasteiger partial charge in [-0.05, 0) is 38.5 Å². The van der Waals surface area contributed by atoms with E-state index in [1.807, 2.05) is 13.0 Å². The van der Waals surface area contributed by atoms with Gasteiger partial charge < -0.3 is 4.74 Å². The molecule has 21 heavy (non-hydrogen) atoms. The van der Waals surface area contributed by atoms with Crippen LogP contribution in [-0.4, -0.2) is 20.7 Å². The summed E-state index contributed by atoms with van der Waals surface area (Å²) in [5.74, 6) is -0.0860. The van der Waals surface area contributed by atoms with E-state index < -0.39 is 10.9 Å². The number of carbonyl (C=O) groups is 1. The van der Waals surface area contributed by atoms with Gasteiger partial charge in [-0.2, -0.15) is 5.10 Å². The van der Waals surface area contributed by atoms with E-state index in [0.717, 1.165) is 5.56 Å². The van der Waals surface area contributed by atoms with Crippen LogP contribution in [0.4, 0.5) is 5.69 Å². The summed E-state index contributed by atoms with van der Waals surface area (Å²) in [6, 6.07) is 7.09. The van der Waals surface area contributed by atoms with Crippen molar-refractivity contribution in [1.82, 2.24) is 9.78 Å². The van der Waals surface area contributed by atoms with E-state index in [1.165, 1.54) is 11.6 Å². The van der Waals surface area contributed by atoms with Crippen LogP contribution in [0.5, 0.6) is 5.75 Å². The zero-order valence-corrected chi connectivity index (χ0v) is 12.0. The zero-order chi connectivity index (χ0) is 15.6. The number of nitrogens with zero attached hydrogens (tertiary/aromatic N) is 3. The predicted molar refractivity (Wildman–Crippen MR) is 75.2 cm³/mol. The minimum atomic E-state index is -0.527. The van der Waals surface area contributed by atoms with Crippen molar-refractivity contribution in [3.05, 3.63) is 51.3 Å². The molecule has 7 heteroatoms. The molecule has 0 amide bonds. The predicted octanol–water partition coefficient (Wildman–Crippen LogP) is 2.32. The molecule has 0 atom stereocenters. The van der Waals surface area contributed by atoms with Crippen molar-refractivity contribution in [2.24, 2.45) is 0 Å². The maximum absolute atomic E-state index is 11.9. The highest BCUT2D eigenvalue weighted by atomic mass is 16.6. The first kappa shape index (κ1) is 14.7. The maximum Gasteiger partial charge on any atom is 0.333 e. The van der Waals surface area contributed by atoms with Gasteiger partial charge >= 0.3 is 11.7 Å². The van der Waals surface area contributed by atoms with Crippen LogP contribution in [0.25, 0.3) is 0 Å². The number of aromatic nitrogens is 2. The molecule has 1 aromatic heterocycles. The summed E-state index contributed by atoms with van der Waals surface area (Å²) in [7, 11) is 0. The zero-order valence-electron chi connectivity index (χ0n) is 12.0. The normalized spacial score (nSPS) is 10.4. The van der Waals surface area contributed by atoms with Gasteiger partial charge in [0.25, 0.3) is 0 Å². The van der Waals surface area contributed by atoms with Crippen LogP contribution in [0.15, 0.2) is 24.3 Å². The summed E-state index contributed by atoms with van der Waals surface area (Å²) >= 11 is 0. The summed E-state index contributed by atoms with van der Waals surface area (Å²) in [4.78, 5) is 22.3. The monoisotopic (exact) mass is 289 g/mol. The Kier molecular flexibility index (Phi) is 4.02. The van der Waals surface area contributed by atoms with Gasteiger partial charge in [0.1, 0.15) is 23.7 Å². The fourth-order valence-electron chi connectivity index (χ4n) is 2.07. The van der Waals surface area contributed by atoms with Gasteiger partial charge in [-0.25, -0.2) is 4.79 Å². The Hall–Kier alpha value is -2.70. The van der Waals surface area contributed by atoms with Crippen LogP contribution in [0.2, 0.25) is 0 Å². The van der Waals surface area contributed by atoms with E-state index in [0.29, 0.717) is 11.4 Å². The van der Waals surface area contributed by atoms with Crippen molar-refractivity contribution in [3.8, 4) is 5.75 Å². The average Bonchev–Trinajstić information content (AvgIpc) is 2.64. The third kappa shape index (κ3) is 3.25. The molecule has 0 aliphatic carbocycles. The smallest absolute Gasteiger partial charge is 0.333 e. The first-order valence-corrected chi connectivity index (χ1v) is 6.34. The Morgan fingerprint density at radius 3 is 2.67 bits per heavy atom. The van der Waals surface area contributed by atoms with E-state index in [9.17, 15) is 14.9 Å². The van der Waals surface area contributed by atoms with E-state index in [1.54, 1.807) is 25.1 Å². The van der Waals surface area contributed by atoms with Crippen LogP contribution in [-0.2, 0) is 11.3 Å². The highest BCUT2D eigenvalue weighted by molar-refractivity contribution is 5.72. The number of benzene rings is 1. The fraction of sp³-hybridized carbons (Fsp3) is 0.286. The lowest BCUT2D eigenvalue weighted by atomic mass is 10.2. The molecule has 2 rings (SSSR count). The lowest BCUT2D eigenvalue weighted by Crippen LogP contribution is -2.18. The van der Waals surface area contributed by atoms with E-state index in [2.05, 4.69) is 5.10 Å². The second kappa shape index (κ2) is 5.74. The number of ether oxygens (including phenoxy) is 1. The largest absolute Gasteiger partial charge is 0.425 e. The van der Waals surface area contributed by atoms with Gasteiger partial charge in [0.2, 0.25) is 0 Å². The third-order valence-electron chi connectivity index (χ3n) is 3.03. The van der Waals surface area contributed by atoms with Gasteiger partial charge in [-0.3, -0.25) is 14.8 Å². The van der Waals surface area contributed by atoms with Gasteiger partial charge in [-0.1, -0.05) is 12.1 Å². The van der Waals surface area contributed by atoms with Gasteiger partial charge in [0.15, 0.2) is 0 Å². The molecule has 0 saturated carbocycles. The molecule has 0 bridgehead atoms. The first-order valence-electron chi connectivity index (χ1n) is 6.34. The SMILES string of the molecule is Cc1cccc(OC(=O)Cn2nc(C)c([N+](=O)[O-])c2C)c1. The molecule has 0 radical (unpaired) electrons. The topological polar surface area (TPSA) is 87.3 Å². The van der Waals surface area contributed by atoms with Gasteiger partial charge in [-0.15, -0.1) is 0 Å². The van der Waals surface area contributed by atoms with Crippen molar-refractivity contribution in [2.75, 3.05) is 0 Å². The number of esters is 1. The standard InChI is InChI=1S/C14H15N3O4/c1-9-5-4-6-12(7-9)21-13(18)8-16-11(3)14(17(19)20)10(2)15-16/h4-7H,8H2,1-3H3. The molecule has 0 spiro atoms. The molecule has 0 saturated heterocycles. The number of hydrogen-bond acceptors (Lipinski definition) is 5. The Morgan fingerprint density at radius 2 is 2.10 bits per heavy atom. The molecule has 7 nitrogen and oxygen atoms in total. The summed E-state index contributed by atoms with van der Waals surface area (Å²) in [6.45, 7) is 4.81. The molecule has 1 aromatic carbocycles.